The summed E-state index contributed by atoms with van der Waals surface area (Å²) < 4.78 is 26.1. The molecule has 1 aliphatic rings. The Labute approximate surface area is 166 Å². The van der Waals surface area contributed by atoms with Crippen LogP contribution in [0, 0.1) is 17.6 Å². The van der Waals surface area contributed by atoms with E-state index in [0.29, 0.717) is 0 Å². The third-order valence-electron chi connectivity index (χ3n) is 4.78. The molecule has 152 valence electrons. The number of nitrogens with zero attached hydrogens (tertiary/aromatic N) is 1. The van der Waals surface area contributed by atoms with Gasteiger partial charge in [-0.2, -0.15) is 0 Å². The first kappa shape index (κ1) is 20.4. The number of hydrogen-bond acceptors (Lipinski definition) is 3. The molecule has 0 spiro atoms. The van der Waals surface area contributed by atoms with Gasteiger partial charge in [-0.15, -0.1) is 0 Å². The van der Waals surface area contributed by atoms with Gasteiger partial charge in [0, 0.05) is 30.4 Å². The molecule has 6 nitrogen and oxygen atoms in total. The summed E-state index contributed by atoms with van der Waals surface area (Å²) in [6.45, 7) is 1.94. The standard InChI is InChI=1S/C21H21F2N3O3/c1-2-13-3-6-16(7-4-13)26-12-14(9-20(26)28)21(29)24-11-19(27)25-15-5-8-17(22)18(23)10-15/h3-8,10,14H,2,9,11-12H2,1H3,(H,24,29)(H,25,27)/t14-/m1/s1. The molecular formula is C21H21F2N3O3. The van der Waals surface area contributed by atoms with E-state index in [4.69, 9.17) is 0 Å². The first-order valence-corrected chi connectivity index (χ1v) is 9.29. The number of nitrogens with one attached hydrogen (secondary N) is 2. The molecule has 0 aliphatic carbocycles. The molecule has 3 amide bonds. The van der Waals surface area contributed by atoms with Crippen LogP contribution in [0.5, 0.6) is 0 Å². The predicted octanol–water partition coefficient (Wildman–Crippen LogP) is 2.64. The lowest BCUT2D eigenvalue weighted by molar-refractivity contribution is -0.127. The van der Waals surface area contributed by atoms with Crippen molar-refractivity contribution < 1.29 is 23.2 Å². The predicted molar refractivity (Wildman–Crippen MR) is 104 cm³/mol. The number of rotatable bonds is 6. The van der Waals surface area contributed by atoms with Gasteiger partial charge >= 0.3 is 0 Å². The molecule has 1 fully saturated rings. The van der Waals surface area contributed by atoms with Gasteiger partial charge in [-0.25, -0.2) is 8.78 Å². The van der Waals surface area contributed by atoms with Gasteiger partial charge in [-0.1, -0.05) is 19.1 Å². The van der Waals surface area contributed by atoms with Crippen LogP contribution >= 0.6 is 0 Å². The first-order valence-electron chi connectivity index (χ1n) is 9.29. The number of benzene rings is 2. The lowest BCUT2D eigenvalue weighted by atomic mass is 10.1. The molecule has 1 aliphatic heterocycles. The fourth-order valence-corrected chi connectivity index (χ4v) is 3.14. The third-order valence-corrected chi connectivity index (χ3v) is 4.78. The average Bonchev–Trinajstić information content (AvgIpc) is 3.11. The highest BCUT2D eigenvalue weighted by Crippen LogP contribution is 2.25. The van der Waals surface area contributed by atoms with Crippen LogP contribution < -0.4 is 15.5 Å². The molecule has 29 heavy (non-hydrogen) atoms. The monoisotopic (exact) mass is 401 g/mol. The summed E-state index contributed by atoms with van der Waals surface area (Å²) in [6.07, 6.45) is 0.956. The number of carbonyl (C=O) groups excluding carboxylic acids is 3. The van der Waals surface area contributed by atoms with Crippen molar-refractivity contribution in [2.24, 2.45) is 5.92 Å². The van der Waals surface area contributed by atoms with E-state index < -0.39 is 29.4 Å². The quantitative estimate of drug-likeness (QED) is 0.781. The van der Waals surface area contributed by atoms with Crippen LogP contribution in [0.15, 0.2) is 42.5 Å². The SMILES string of the molecule is CCc1ccc(N2C[C@H](C(=O)NCC(=O)Nc3ccc(F)c(F)c3)CC2=O)cc1. The summed E-state index contributed by atoms with van der Waals surface area (Å²) in [4.78, 5) is 38.1. The van der Waals surface area contributed by atoms with Crippen molar-refractivity contribution >= 4 is 29.1 Å². The van der Waals surface area contributed by atoms with Gasteiger partial charge in [0.25, 0.3) is 0 Å². The molecule has 2 N–H and O–H groups in total. The second kappa shape index (κ2) is 8.81. The van der Waals surface area contributed by atoms with Crippen molar-refractivity contribution in [3.05, 3.63) is 59.7 Å². The van der Waals surface area contributed by atoms with E-state index in [1.807, 2.05) is 31.2 Å². The van der Waals surface area contributed by atoms with Gasteiger partial charge in [-0.3, -0.25) is 14.4 Å². The van der Waals surface area contributed by atoms with Gasteiger partial charge < -0.3 is 15.5 Å². The minimum Gasteiger partial charge on any atom is -0.347 e. The third kappa shape index (κ3) is 4.96. The van der Waals surface area contributed by atoms with Gasteiger partial charge in [0.1, 0.15) is 0 Å². The molecule has 0 bridgehead atoms. The summed E-state index contributed by atoms with van der Waals surface area (Å²) in [6, 6.07) is 10.6. The maximum atomic E-state index is 13.2. The Balaban J connectivity index is 1.52. The summed E-state index contributed by atoms with van der Waals surface area (Å²) >= 11 is 0. The topological polar surface area (TPSA) is 78.5 Å². The Morgan fingerprint density at radius 2 is 1.83 bits per heavy atom. The Hall–Kier alpha value is -3.29. The van der Waals surface area contributed by atoms with Crippen LogP contribution in [0.4, 0.5) is 20.2 Å². The van der Waals surface area contributed by atoms with Gasteiger partial charge in [0.2, 0.25) is 17.7 Å². The summed E-state index contributed by atoms with van der Waals surface area (Å²) in [5.74, 6) is -3.81. The number of anilines is 2. The summed E-state index contributed by atoms with van der Waals surface area (Å²) in [5, 5.41) is 4.86. The highest BCUT2D eigenvalue weighted by molar-refractivity contribution is 6.01. The van der Waals surface area contributed by atoms with Crippen LogP contribution in [0.2, 0.25) is 0 Å². The van der Waals surface area contributed by atoms with Crippen LogP contribution in [0.25, 0.3) is 0 Å². The Morgan fingerprint density at radius 1 is 1.10 bits per heavy atom. The van der Waals surface area contributed by atoms with Crippen LogP contribution in [-0.4, -0.2) is 30.8 Å². The van der Waals surface area contributed by atoms with Crippen molar-refractivity contribution in [3.8, 4) is 0 Å². The maximum Gasteiger partial charge on any atom is 0.243 e. The molecule has 1 saturated heterocycles. The molecule has 0 aromatic heterocycles. The average molecular weight is 401 g/mol. The molecule has 0 saturated carbocycles. The van der Waals surface area contributed by atoms with E-state index in [-0.39, 0.29) is 31.1 Å². The maximum absolute atomic E-state index is 13.2. The van der Waals surface area contributed by atoms with E-state index >= 15 is 0 Å². The van der Waals surface area contributed by atoms with Crippen molar-refractivity contribution in [2.75, 3.05) is 23.3 Å². The fourth-order valence-electron chi connectivity index (χ4n) is 3.14. The van der Waals surface area contributed by atoms with E-state index in [1.165, 1.54) is 6.07 Å². The van der Waals surface area contributed by atoms with Crippen LogP contribution in [-0.2, 0) is 20.8 Å². The number of halogens is 2. The fraction of sp³-hybridized carbons (Fsp3) is 0.286. The van der Waals surface area contributed by atoms with Crippen LogP contribution in [0.3, 0.4) is 0 Å². The summed E-state index contributed by atoms with van der Waals surface area (Å²) in [7, 11) is 0. The van der Waals surface area contributed by atoms with Crippen molar-refractivity contribution in [3.63, 3.8) is 0 Å². The van der Waals surface area contributed by atoms with E-state index in [9.17, 15) is 23.2 Å². The smallest absolute Gasteiger partial charge is 0.243 e. The highest BCUT2D eigenvalue weighted by Gasteiger charge is 2.35. The number of aryl methyl sites for hydroxylation is 1. The first-order chi connectivity index (χ1) is 13.9. The number of carbonyl (C=O) groups is 3. The zero-order valence-electron chi connectivity index (χ0n) is 15.9. The van der Waals surface area contributed by atoms with E-state index in [0.717, 1.165) is 29.8 Å². The van der Waals surface area contributed by atoms with Gasteiger partial charge in [-0.05, 0) is 36.2 Å². The van der Waals surface area contributed by atoms with Crippen molar-refractivity contribution in [1.82, 2.24) is 5.32 Å². The Kier molecular flexibility index (Phi) is 6.21. The Morgan fingerprint density at radius 3 is 2.48 bits per heavy atom. The van der Waals surface area contributed by atoms with Crippen molar-refractivity contribution in [2.45, 2.75) is 19.8 Å². The molecule has 2 aromatic rings. The van der Waals surface area contributed by atoms with E-state index in [2.05, 4.69) is 10.6 Å². The lowest BCUT2D eigenvalue weighted by Crippen LogP contribution is -2.37. The molecule has 1 atom stereocenters. The second-order valence-corrected chi connectivity index (χ2v) is 6.82. The van der Waals surface area contributed by atoms with Crippen molar-refractivity contribution in [1.29, 1.82) is 0 Å². The minimum absolute atomic E-state index is 0.0617. The molecule has 2 aromatic carbocycles. The lowest BCUT2D eigenvalue weighted by Gasteiger charge is -2.17. The summed E-state index contributed by atoms with van der Waals surface area (Å²) in [5.41, 5.74) is 1.97. The molecule has 3 rings (SSSR count). The number of amides is 3. The molecule has 1 heterocycles. The van der Waals surface area contributed by atoms with E-state index in [1.54, 1.807) is 4.90 Å². The molecular weight excluding hydrogens is 380 g/mol. The van der Waals surface area contributed by atoms with Crippen LogP contribution in [0.1, 0.15) is 18.9 Å². The molecule has 0 unspecified atom stereocenters. The second-order valence-electron chi connectivity index (χ2n) is 6.82. The molecule has 0 radical (unpaired) electrons. The van der Waals surface area contributed by atoms with Gasteiger partial charge in [0.05, 0.1) is 12.5 Å². The normalized spacial score (nSPS) is 16.0. The zero-order valence-corrected chi connectivity index (χ0v) is 15.9. The van der Waals surface area contributed by atoms with Gasteiger partial charge in [0.15, 0.2) is 11.6 Å². The zero-order chi connectivity index (χ0) is 21.0. The minimum atomic E-state index is -1.08. The highest BCUT2D eigenvalue weighted by atomic mass is 19.2. The largest absolute Gasteiger partial charge is 0.347 e. The Bertz CT molecular complexity index is 931. The molecule has 8 heteroatoms. The number of hydrogen-bond donors (Lipinski definition) is 2.